The van der Waals surface area contributed by atoms with Gasteiger partial charge in [-0.15, -0.1) is 0 Å². The standard InChI is InChI=1S/C23H34N4O3S/c1-5-6-7-10-14-25-22(31)27(21(29)23(25,2)3)26-15-13-24-16-18(26)20(28)17-11-8-9-12-19(17)30-4/h8-9,11-12,18,24H,5-7,10,13-16H2,1-4H3. The minimum absolute atomic E-state index is 0.0762. The van der Waals surface area contributed by atoms with Gasteiger partial charge in [0.05, 0.1) is 12.7 Å². The van der Waals surface area contributed by atoms with Crippen LogP contribution >= 0.6 is 12.2 Å². The number of ketones is 1. The van der Waals surface area contributed by atoms with Crippen molar-refractivity contribution >= 4 is 29.0 Å². The molecular weight excluding hydrogens is 412 g/mol. The van der Waals surface area contributed by atoms with Crippen LogP contribution in [0.4, 0.5) is 0 Å². The summed E-state index contributed by atoms with van der Waals surface area (Å²) in [7, 11) is 1.56. The van der Waals surface area contributed by atoms with Crippen molar-refractivity contribution in [3.8, 4) is 5.75 Å². The van der Waals surface area contributed by atoms with E-state index in [-0.39, 0.29) is 11.7 Å². The van der Waals surface area contributed by atoms with Crippen LogP contribution in [0.1, 0.15) is 56.8 Å². The molecule has 2 heterocycles. The molecule has 1 aromatic carbocycles. The molecule has 1 unspecified atom stereocenters. The molecule has 1 amide bonds. The summed E-state index contributed by atoms with van der Waals surface area (Å²) in [5, 5.41) is 7.21. The number of nitrogens with one attached hydrogen (secondary N) is 1. The fourth-order valence-corrected chi connectivity index (χ4v) is 4.81. The number of carbonyl (C=O) groups is 2. The molecule has 2 aliphatic heterocycles. The van der Waals surface area contributed by atoms with Crippen molar-refractivity contribution in [2.24, 2.45) is 0 Å². The van der Waals surface area contributed by atoms with Crippen molar-refractivity contribution in [3.05, 3.63) is 29.8 Å². The molecule has 0 bridgehead atoms. The van der Waals surface area contributed by atoms with Crippen LogP contribution in [0, 0.1) is 0 Å². The summed E-state index contributed by atoms with van der Waals surface area (Å²) < 4.78 is 5.40. The lowest BCUT2D eigenvalue weighted by Gasteiger charge is -2.40. The summed E-state index contributed by atoms with van der Waals surface area (Å²) in [6.45, 7) is 8.40. The molecule has 0 saturated carbocycles. The fourth-order valence-electron chi connectivity index (χ4n) is 4.30. The van der Waals surface area contributed by atoms with Crippen LogP contribution in [0.5, 0.6) is 5.75 Å². The van der Waals surface area contributed by atoms with Crippen molar-refractivity contribution < 1.29 is 14.3 Å². The number of thiocarbonyl (C=S) groups is 1. The van der Waals surface area contributed by atoms with Gasteiger partial charge in [0.25, 0.3) is 5.91 Å². The van der Waals surface area contributed by atoms with Gasteiger partial charge in [-0.1, -0.05) is 38.3 Å². The number of amides is 1. The Labute approximate surface area is 190 Å². The second-order valence-corrected chi connectivity index (χ2v) is 8.98. The monoisotopic (exact) mass is 446 g/mol. The smallest absolute Gasteiger partial charge is 0.268 e. The summed E-state index contributed by atoms with van der Waals surface area (Å²) in [5.74, 6) is 0.374. The number of carbonyl (C=O) groups excluding carboxylic acids is 2. The van der Waals surface area contributed by atoms with Gasteiger partial charge in [0.15, 0.2) is 10.9 Å². The Balaban J connectivity index is 1.85. The summed E-state index contributed by atoms with van der Waals surface area (Å²) >= 11 is 5.78. The molecule has 170 valence electrons. The van der Waals surface area contributed by atoms with Gasteiger partial charge in [-0.25, -0.2) is 5.01 Å². The minimum atomic E-state index is -0.730. The zero-order chi connectivity index (χ0) is 22.6. The van der Waals surface area contributed by atoms with Crippen molar-refractivity contribution in [2.75, 3.05) is 33.3 Å². The highest BCUT2D eigenvalue weighted by Crippen LogP contribution is 2.32. The number of Topliss-reactive ketones (excluding diaryl/α,β-unsaturated/α-hetero) is 1. The predicted molar refractivity (Wildman–Crippen MR) is 125 cm³/mol. The molecule has 8 heteroatoms. The van der Waals surface area contributed by atoms with Crippen LogP contribution in [-0.2, 0) is 4.79 Å². The first-order valence-electron chi connectivity index (χ1n) is 11.1. The van der Waals surface area contributed by atoms with Crippen LogP contribution in [0.3, 0.4) is 0 Å². The quantitative estimate of drug-likeness (QED) is 0.355. The van der Waals surface area contributed by atoms with Crippen molar-refractivity contribution in [3.63, 3.8) is 0 Å². The molecule has 0 radical (unpaired) electrons. The second kappa shape index (κ2) is 10.1. The third-order valence-corrected chi connectivity index (χ3v) is 6.58. The van der Waals surface area contributed by atoms with Gasteiger partial charge in [0.1, 0.15) is 17.3 Å². The number of hydrogen-bond acceptors (Lipinski definition) is 6. The van der Waals surface area contributed by atoms with E-state index in [0.717, 1.165) is 25.8 Å². The molecule has 2 fully saturated rings. The number of methoxy groups -OCH3 is 1. The number of nitrogens with zero attached hydrogens (tertiary/aromatic N) is 3. The van der Waals surface area contributed by atoms with Crippen LogP contribution in [0.2, 0.25) is 0 Å². The number of rotatable bonds is 9. The molecular formula is C23H34N4O3S. The van der Waals surface area contributed by atoms with Crippen molar-refractivity contribution in [2.45, 2.75) is 58.0 Å². The highest BCUT2D eigenvalue weighted by atomic mass is 32.1. The Morgan fingerprint density at radius 2 is 2.00 bits per heavy atom. The first kappa shape index (κ1) is 23.6. The average Bonchev–Trinajstić information content (AvgIpc) is 2.94. The molecule has 2 saturated heterocycles. The van der Waals surface area contributed by atoms with Crippen molar-refractivity contribution in [1.29, 1.82) is 0 Å². The molecule has 0 aliphatic carbocycles. The third kappa shape index (κ3) is 4.61. The molecule has 1 aromatic rings. The number of hydrogen-bond donors (Lipinski definition) is 1. The lowest BCUT2D eigenvalue weighted by molar-refractivity contribution is -0.144. The molecule has 0 spiro atoms. The van der Waals surface area contributed by atoms with Crippen LogP contribution < -0.4 is 10.1 Å². The maximum Gasteiger partial charge on any atom is 0.268 e. The number of benzene rings is 1. The largest absolute Gasteiger partial charge is 0.496 e. The third-order valence-electron chi connectivity index (χ3n) is 6.19. The normalized spacial score (nSPS) is 21.6. The fraction of sp³-hybridized carbons (Fsp3) is 0.609. The molecule has 0 aromatic heterocycles. The first-order chi connectivity index (χ1) is 14.8. The molecule has 7 nitrogen and oxygen atoms in total. The van der Waals surface area contributed by atoms with Gasteiger partial charge >= 0.3 is 0 Å². The minimum Gasteiger partial charge on any atom is -0.496 e. The zero-order valence-electron chi connectivity index (χ0n) is 19.0. The lowest BCUT2D eigenvalue weighted by Crippen LogP contribution is -2.63. The predicted octanol–water partition coefficient (Wildman–Crippen LogP) is 2.85. The zero-order valence-corrected chi connectivity index (χ0v) is 19.8. The molecule has 1 atom stereocenters. The van der Waals surface area contributed by atoms with Gasteiger partial charge in [0, 0.05) is 26.2 Å². The Bertz CT molecular complexity index is 829. The average molecular weight is 447 g/mol. The van der Waals surface area contributed by atoms with Crippen LogP contribution in [-0.4, -0.2) is 76.6 Å². The lowest BCUT2D eigenvalue weighted by atomic mass is 10.0. The Hall–Kier alpha value is -2.03. The summed E-state index contributed by atoms with van der Waals surface area (Å²) in [6.07, 6.45) is 4.43. The summed E-state index contributed by atoms with van der Waals surface area (Å²) in [6, 6.07) is 6.67. The Morgan fingerprint density at radius 3 is 2.71 bits per heavy atom. The van der Waals surface area contributed by atoms with Crippen LogP contribution in [0.25, 0.3) is 0 Å². The second-order valence-electron chi connectivity index (χ2n) is 8.62. The topological polar surface area (TPSA) is 65.1 Å². The number of hydrazine groups is 1. The highest BCUT2D eigenvalue weighted by Gasteiger charge is 2.52. The van der Waals surface area contributed by atoms with E-state index < -0.39 is 11.6 Å². The van der Waals surface area contributed by atoms with E-state index >= 15 is 0 Å². The maximum atomic E-state index is 13.5. The molecule has 31 heavy (non-hydrogen) atoms. The SMILES string of the molecule is CCCCCCN1C(=S)N(N2CCNCC2C(=O)c2ccccc2OC)C(=O)C1(C)C. The van der Waals surface area contributed by atoms with E-state index in [1.807, 2.05) is 35.9 Å². The summed E-state index contributed by atoms with van der Waals surface area (Å²) in [4.78, 5) is 29.0. The summed E-state index contributed by atoms with van der Waals surface area (Å²) in [5.41, 5.74) is -0.219. The van der Waals surface area contributed by atoms with E-state index in [4.69, 9.17) is 17.0 Å². The first-order valence-corrected chi connectivity index (χ1v) is 11.6. The van der Waals surface area contributed by atoms with E-state index in [2.05, 4.69) is 12.2 Å². The molecule has 2 aliphatic rings. The maximum absolute atomic E-state index is 13.5. The number of para-hydroxylation sites is 1. The van der Waals surface area contributed by atoms with Gasteiger partial charge in [-0.3, -0.25) is 9.59 Å². The van der Waals surface area contributed by atoms with E-state index in [1.165, 1.54) is 6.42 Å². The number of ether oxygens (including phenoxy) is 1. The van der Waals surface area contributed by atoms with Crippen LogP contribution in [0.15, 0.2) is 24.3 Å². The number of piperazine rings is 1. The van der Waals surface area contributed by atoms with Gasteiger partial charge < -0.3 is 15.0 Å². The Morgan fingerprint density at radius 1 is 1.26 bits per heavy atom. The molecule has 3 rings (SSSR count). The highest BCUT2D eigenvalue weighted by molar-refractivity contribution is 7.80. The molecule has 1 N–H and O–H groups in total. The van der Waals surface area contributed by atoms with Gasteiger partial charge in [-0.2, -0.15) is 5.01 Å². The van der Waals surface area contributed by atoms with Crippen molar-refractivity contribution in [1.82, 2.24) is 20.2 Å². The Kier molecular flexibility index (Phi) is 7.67. The van der Waals surface area contributed by atoms with E-state index in [9.17, 15) is 9.59 Å². The number of unbranched alkanes of at least 4 members (excludes halogenated alkanes) is 3. The van der Waals surface area contributed by atoms with E-state index in [0.29, 0.717) is 36.1 Å². The van der Waals surface area contributed by atoms with Gasteiger partial charge in [-0.05, 0) is 44.6 Å². The van der Waals surface area contributed by atoms with Gasteiger partial charge in [0.2, 0.25) is 0 Å². The van der Waals surface area contributed by atoms with E-state index in [1.54, 1.807) is 24.3 Å².